The van der Waals surface area contributed by atoms with Crippen LogP contribution in [0.2, 0.25) is 5.02 Å². The molecule has 57 heavy (non-hydrogen) atoms. The summed E-state index contributed by atoms with van der Waals surface area (Å²) in [6.45, 7) is 7.21. The smallest absolute Gasteiger partial charge is 0.293 e. The highest BCUT2D eigenvalue weighted by Crippen LogP contribution is 2.32. The molecule has 294 valence electrons. The zero-order valence-electron chi connectivity index (χ0n) is 31.2. The molecule has 16 heteroatoms. The Morgan fingerprint density at radius 2 is 1.60 bits per heavy atom. The number of sulfone groups is 1. The number of nitrogens with zero attached hydrogens (tertiary/aromatic N) is 5. The maximum Gasteiger partial charge on any atom is 0.293 e. The van der Waals surface area contributed by atoms with Crippen LogP contribution in [0.1, 0.15) is 18.1 Å². The van der Waals surface area contributed by atoms with Crippen molar-refractivity contribution in [2.45, 2.75) is 36.2 Å². The Morgan fingerprint density at radius 1 is 0.860 bits per heavy atom. The molecular formula is C41H40ClN7O6S2. The van der Waals surface area contributed by atoms with E-state index in [4.69, 9.17) is 11.6 Å². The highest BCUT2D eigenvalue weighted by molar-refractivity contribution is 7.92. The zero-order chi connectivity index (χ0) is 40.3. The van der Waals surface area contributed by atoms with E-state index < -0.39 is 36.5 Å². The van der Waals surface area contributed by atoms with Crippen molar-refractivity contribution in [3.05, 3.63) is 142 Å². The van der Waals surface area contributed by atoms with Gasteiger partial charge in [0.2, 0.25) is 0 Å². The first-order valence-corrected chi connectivity index (χ1v) is 21.7. The number of anilines is 3. The number of aromatic nitrogens is 2. The number of rotatable bonds is 13. The third-order valence-electron chi connectivity index (χ3n) is 9.91. The summed E-state index contributed by atoms with van der Waals surface area (Å²) < 4.78 is 55.8. The Kier molecular flexibility index (Phi) is 11.4. The summed E-state index contributed by atoms with van der Waals surface area (Å²) >= 11 is 6.41. The first-order valence-electron chi connectivity index (χ1n) is 18.2. The number of nitrogens with one attached hydrogen (secondary N) is 2. The first kappa shape index (κ1) is 39.6. The Hall–Kier alpha value is -5.61. The van der Waals surface area contributed by atoms with Crippen LogP contribution in [0, 0.1) is 17.0 Å². The second-order valence-electron chi connectivity index (χ2n) is 14.0. The molecule has 5 aromatic carbocycles. The van der Waals surface area contributed by atoms with Gasteiger partial charge in [0.25, 0.3) is 15.7 Å². The normalized spacial score (nSPS) is 14.3. The number of fused-ring (bicyclic) bond motifs is 1. The highest BCUT2D eigenvalue weighted by Gasteiger charge is 2.26. The molecule has 1 aliphatic heterocycles. The van der Waals surface area contributed by atoms with E-state index in [1.165, 1.54) is 30.1 Å². The molecule has 6 aromatic rings. The summed E-state index contributed by atoms with van der Waals surface area (Å²) in [4.78, 5) is 24.5. The summed E-state index contributed by atoms with van der Waals surface area (Å²) in [5, 5.41) is 16.1. The van der Waals surface area contributed by atoms with Crippen LogP contribution in [0.4, 0.5) is 22.9 Å². The summed E-state index contributed by atoms with van der Waals surface area (Å²) in [5.41, 5.74) is 4.96. The van der Waals surface area contributed by atoms with Crippen LogP contribution in [-0.4, -0.2) is 74.6 Å². The molecule has 2 heterocycles. The molecule has 7 rings (SSSR count). The predicted octanol–water partition coefficient (Wildman–Crippen LogP) is 7.56. The van der Waals surface area contributed by atoms with Gasteiger partial charge in [0.1, 0.15) is 12.0 Å². The first-order chi connectivity index (χ1) is 27.3. The molecule has 1 aliphatic rings. The van der Waals surface area contributed by atoms with Crippen LogP contribution in [0.25, 0.3) is 22.0 Å². The number of nitro benzene ring substituents is 1. The van der Waals surface area contributed by atoms with E-state index in [1.807, 2.05) is 42.5 Å². The number of aryl methyl sites for hydroxylation is 1. The van der Waals surface area contributed by atoms with Crippen molar-refractivity contribution in [1.82, 2.24) is 14.9 Å². The monoisotopic (exact) mass is 825 g/mol. The minimum Gasteiger partial charge on any atom is -0.376 e. The van der Waals surface area contributed by atoms with Gasteiger partial charge in [0.15, 0.2) is 15.7 Å². The maximum atomic E-state index is 13.6. The van der Waals surface area contributed by atoms with Gasteiger partial charge in [-0.3, -0.25) is 19.7 Å². The van der Waals surface area contributed by atoms with Crippen LogP contribution in [0.3, 0.4) is 0 Å². The van der Waals surface area contributed by atoms with E-state index in [0.29, 0.717) is 21.5 Å². The van der Waals surface area contributed by atoms with Gasteiger partial charge in [-0.15, -0.1) is 0 Å². The van der Waals surface area contributed by atoms with Gasteiger partial charge in [-0.25, -0.2) is 26.8 Å². The zero-order valence-corrected chi connectivity index (χ0v) is 33.6. The number of halogens is 1. The van der Waals surface area contributed by atoms with Crippen molar-refractivity contribution in [2.24, 2.45) is 0 Å². The van der Waals surface area contributed by atoms with Crippen molar-refractivity contribution >= 4 is 65.2 Å². The molecule has 0 saturated carbocycles. The predicted molar refractivity (Wildman–Crippen MR) is 224 cm³/mol. The molecule has 13 nitrogen and oxygen atoms in total. The molecule has 1 fully saturated rings. The van der Waals surface area contributed by atoms with Crippen LogP contribution in [0.5, 0.6) is 0 Å². The standard InChI is InChI=1S/C41H40ClN7O6S2/c1-28-8-6-7-11-40(28)56(52,53)26-29(2)45-37-17-14-34(24-39(37)49(50)51)57(54,55)46-41-36-16-13-33(23-38(36)43-27-44-41)48-20-18-47(19-21-48)25-31-22-32(42)12-15-35(31)30-9-4-3-5-10-30/h3-17,22-24,27,29,45H,18-21,25-26H2,1-2H3,(H,43,44,46). The molecule has 1 saturated heterocycles. The molecule has 1 unspecified atom stereocenters. The Bertz CT molecular complexity index is 2680. The molecule has 0 spiro atoms. The molecule has 1 atom stereocenters. The van der Waals surface area contributed by atoms with Gasteiger partial charge in [-0.2, -0.15) is 0 Å². The van der Waals surface area contributed by atoms with Crippen molar-refractivity contribution in [1.29, 1.82) is 0 Å². The Balaban J connectivity index is 1.03. The largest absolute Gasteiger partial charge is 0.376 e. The minimum atomic E-state index is -4.35. The van der Waals surface area contributed by atoms with Gasteiger partial charge >= 0.3 is 0 Å². The molecule has 0 aliphatic carbocycles. The lowest BCUT2D eigenvalue weighted by Gasteiger charge is -2.36. The Morgan fingerprint density at radius 3 is 2.33 bits per heavy atom. The summed E-state index contributed by atoms with van der Waals surface area (Å²) in [5.74, 6) is -0.318. The van der Waals surface area contributed by atoms with Crippen LogP contribution in [-0.2, 0) is 26.4 Å². The van der Waals surface area contributed by atoms with Gasteiger partial charge in [0.05, 0.1) is 26.0 Å². The number of hydrogen-bond acceptors (Lipinski definition) is 11. The van der Waals surface area contributed by atoms with E-state index in [9.17, 15) is 26.9 Å². The van der Waals surface area contributed by atoms with Crippen LogP contribution >= 0.6 is 11.6 Å². The summed E-state index contributed by atoms with van der Waals surface area (Å²) in [6.07, 6.45) is 1.26. The summed E-state index contributed by atoms with van der Waals surface area (Å²) in [6, 6.07) is 31.1. The van der Waals surface area contributed by atoms with Gasteiger partial charge in [0, 0.05) is 60.9 Å². The molecule has 0 radical (unpaired) electrons. The number of nitro groups is 1. The lowest BCUT2D eigenvalue weighted by molar-refractivity contribution is -0.384. The van der Waals surface area contributed by atoms with E-state index in [0.717, 1.165) is 55.6 Å². The van der Waals surface area contributed by atoms with Crippen LogP contribution in [0.15, 0.2) is 125 Å². The quantitative estimate of drug-likeness (QED) is 0.0871. The minimum absolute atomic E-state index is 0.0197. The fourth-order valence-corrected chi connectivity index (χ4v) is 10.1. The van der Waals surface area contributed by atoms with Crippen molar-refractivity contribution in [3.8, 4) is 11.1 Å². The third kappa shape index (κ3) is 9.02. The molecular weight excluding hydrogens is 786 g/mol. The number of sulfonamides is 1. The lowest BCUT2D eigenvalue weighted by atomic mass is 9.99. The second kappa shape index (κ2) is 16.5. The number of benzene rings is 5. The average molecular weight is 826 g/mol. The molecule has 0 amide bonds. The van der Waals surface area contributed by atoms with Gasteiger partial charge in [-0.05, 0) is 84.6 Å². The van der Waals surface area contributed by atoms with E-state index >= 15 is 0 Å². The number of hydrogen-bond donors (Lipinski definition) is 2. The fourth-order valence-electron chi connectivity index (χ4n) is 7.09. The maximum absolute atomic E-state index is 13.6. The second-order valence-corrected chi connectivity index (χ2v) is 18.1. The van der Waals surface area contributed by atoms with Crippen molar-refractivity contribution in [3.63, 3.8) is 0 Å². The van der Waals surface area contributed by atoms with Gasteiger partial charge < -0.3 is 10.2 Å². The van der Waals surface area contributed by atoms with E-state index in [1.54, 1.807) is 38.1 Å². The topological polar surface area (TPSA) is 168 Å². The summed E-state index contributed by atoms with van der Waals surface area (Å²) in [7, 11) is -8.07. The van der Waals surface area contributed by atoms with Crippen molar-refractivity contribution in [2.75, 3.05) is 46.9 Å². The lowest BCUT2D eigenvalue weighted by Crippen LogP contribution is -2.46. The molecule has 1 aromatic heterocycles. The SMILES string of the molecule is Cc1ccccc1S(=O)(=O)CC(C)Nc1ccc(S(=O)(=O)Nc2ncnc3cc(N4CCN(Cc5cc(Cl)ccc5-c5ccccc5)CC4)ccc23)cc1[N+](=O)[O-]. The highest BCUT2D eigenvalue weighted by atomic mass is 35.5. The van der Waals surface area contributed by atoms with Gasteiger partial charge in [-0.1, -0.05) is 66.2 Å². The molecule has 0 bridgehead atoms. The molecule has 2 N–H and O–H groups in total. The van der Waals surface area contributed by atoms with E-state index in [2.05, 4.69) is 48.0 Å². The fraction of sp³-hybridized carbons (Fsp3) is 0.220. The number of piperazine rings is 1. The van der Waals surface area contributed by atoms with E-state index in [-0.39, 0.29) is 27.0 Å². The third-order valence-corrected chi connectivity index (χ3v) is 13.5. The Labute approximate surface area is 336 Å². The van der Waals surface area contributed by atoms with Crippen LogP contribution < -0.4 is 14.9 Å². The average Bonchev–Trinajstić information content (AvgIpc) is 3.18. The van der Waals surface area contributed by atoms with Crippen molar-refractivity contribution < 1.29 is 21.8 Å².